The average molecular weight is 442 g/mol. The number of benzene rings is 3. The molecule has 6 heteroatoms. The van der Waals surface area contributed by atoms with Gasteiger partial charge in [-0.15, -0.1) is 11.8 Å². The van der Waals surface area contributed by atoms with E-state index in [2.05, 4.69) is 64.7 Å². The SMILES string of the molecule is c1ccc(-n2cc(CN3CC[C@@H](c4ccc5c(c4)OCO5)Sc4ccccc43)cn2)cc1. The lowest BCUT2D eigenvalue weighted by molar-refractivity contribution is 0.174. The minimum absolute atomic E-state index is 0.309. The van der Waals surface area contributed by atoms with Crippen LogP contribution in [0.25, 0.3) is 5.69 Å². The number of hydrogen-bond donors (Lipinski definition) is 0. The van der Waals surface area contributed by atoms with Gasteiger partial charge in [0, 0.05) is 35.0 Å². The molecule has 0 saturated carbocycles. The highest BCUT2D eigenvalue weighted by Crippen LogP contribution is 2.47. The van der Waals surface area contributed by atoms with Gasteiger partial charge in [0.25, 0.3) is 0 Å². The van der Waals surface area contributed by atoms with Crippen LogP contribution in [0.1, 0.15) is 22.8 Å². The van der Waals surface area contributed by atoms with E-state index in [1.54, 1.807) is 0 Å². The summed E-state index contributed by atoms with van der Waals surface area (Å²) in [5.41, 5.74) is 4.85. The molecule has 3 heterocycles. The standard InChI is InChI=1S/C26H23N3O2S/c1-2-6-21(7-3-1)29-17-19(15-27-29)16-28-13-12-25(32-26-9-5-4-8-22(26)28)20-10-11-23-24(14-20)31-18-30-23/h1-11,14-15,17,25H,12-13,16,18H2/t25-/m0/s1. The Morgan fingerprint density at radius 1 is 0.938 bits per heavy atom. The maximum atomic E-state index is 5.62. The smallest absolute Gasteiger partial charge is 0.231 e. The first kappa shape index (κ1) is 19.3. The van der Waals surface area contributed by atoms with E-state index >= 15 is 0 Å². The zero-order chi connectivity index (χ0) is 21.3. The highest BCUT2D eigenvalue weighted by atomic mass is 32.2. The molecule has 3 aromatic carbocycles. The molecule has 0 bridgehead atoms. The summed E-state index contributed by atoms with van der Waals surface area (Å²) < 4.78 is 13.1. The van der Waals surface area contributed by atoms with Gasteiger partial charge in [-0.3, -0.25) is 0 Å². The molecule has 0 spiro atoms. The number of rotatable bonds is 4. The summed E-state index contributed by atoms with van der Waals surface area (Å²) in [5.74, 6) is 1.69. The zero-order valence-corrected chi connectivity index (χ0v) is 18.4. The number of anilines is 1. The van der Waals surface area contributed by atoms with Gasteiger partial charge in [-0.1, -0.05) is 36.4 Å². The second-order valence-electron chi connectivity index (χ2n) is 8.03. The van der Waals surface area contributed by atoms with E-state index in [9.17, 15) is 0 Å². The van der Waals surface area contributed by atoms with Gasteiger partial charge in [-0.25, -0.2) is 4.68 Å². The predicted octanol–water partition coefficient (Wildman–Crippen LogP) is 5.84. The zero-order valence-electron chi connectivity index (χ0n) is 17.6. The Balaban J connectivity index is 1.26. The lowest BCUT2D eigenvalue weighted by atomic mass is 10.1. The van der Waals surface area contributed by atoms with Crippen LogP contribution in [0.3, 0.4) is 0 Å². The molecule has 4 aromatic rings. The summed E-state index contributed by atoms with van der Waals surface area (Å²) >= 11 is 1.93. The average Bonchev–Trinajstić information content (AvgIpc) is 3.47. The van der Waals surface area contributed by atoms with Crippen molar-refractivity contribution in [2.75, 3.05) is 18.2 Å². The molecular weight excluding hydrogens is 418 g/mol. The number of ether oxygens (including phenoxy) is 2. The highest BCUT2D eigenvalue weighted by molar-refractivity contribution is 7.99. The molecule has 0 amide bonds. The van der Waals surface area contributed by atoms with E-state index in [4.69, 9.17) is 9.47 Å². The Kier molecular flexibility index (Phi) is 5.00. The molecule has 1 atom stereocenters. The van der Waals surface area contributed by atoms with Gasteiger partial charge < -0.3 is 14.4 Å². The normalized spacial score (nSPS) is 17.1. The van der Waals surface area contributed by atoms with Crippen molar-refractivity contribution in [3.63, 3.8) is 0 Å². The highest BCUT2D eigenvalue weighted by Gasteiger charge is 2.25. The monoisotopic (exact) mass is 441 g/mol. The summed E-state index contributed by atoms with van der Waals surface area (Å²) in [6.07, 6.45) is 5.15. The lowest BCUT2D eigenvalue weighted by Gasteiger charge is -2.24. The Labute approximate surface area is 191 Å². The third-order valence-corrected chi connectivity index (χ3v) is 7.33. The summed E-state index contributed by atoms with van der Waals surface area (Å²) in [4.78, 5) is 3.78. The van der Waals surface area contributed by atoms with Crippen molar-refractivity contribution in [3.05, 3.63) is 96.3 Å². The van der Waals surface area contributed by atoms with E-state index in [1.807, 2.05) is 46.9 Å². The molecule has 6 rings (SSSR count). The third-order valence-electron chi connectivity index (χ3n) is 5.94. The Morgan fingerprint density at radius 2 is 1.78 bits per heavy atom. The maximum absolute atomic E-state index is 5.62. The molecule has 2 aliphatic heterocycles. The Morgan fingerprint density at radius 3 is 2.72 bits per heavy atom. The number of nitrogens with zero attached hydrogens (tertiary/aromatic N) is 3. The number of thioether (sulfide) groups is 1. The predicted molar refractivity (Wildman–Crippen MR) is 127 cm³/mol. The number of aromatic nitrogens is 2. The van der Waals surface area contributed by atoms with Crippen molar-refractivity contribution >= 4 is 17.4 Å². The van der Waals surface area contributed by atoms with Crippen LogP contribution in [0.4, 0.5) is 5.69 Å². The topological polar surface area (TPSA) is 39.5 Å². The van der Waals surface area contributed by atoms with Crippen LogP contribution in [0.2, 0.25) is 0 Å². The van der Waals surface area contributed by atoms with E-state index in [-0.39, 0.29) is 0 Å². The van der Waals surface area contributed by atoms with Crippen LogP contribution in [-0.2, 0) is 6.54 Å². The molecule has 0 radical (unpaired) electrons. The van der Waals surface area contributed by atoms with Crippen molar-refractivity contribution in [3.8, 4) is 17.2 Å². The van der Waals surface area contributed by atoms with Gasteiger partial charge in [0.2, 0.25) is 6.79 Å². The van der Waals surface area contributed by atoms with Crippen molar-refractivity contribution in [2.45, 2.75) is 23.1 Å². The van der Waals surface area contributed by atoms with Gasteiger partial charge >= 0.3 is 0 Å². The fourth-order valence-corrected chi connectivity index (χ4v) is 5.61. The fourth-order valence-electron chi connectivity index (χ4n) is 4.32. The maximum Gasteiger partial charge on any atom is 0.231 e. The number of hydrogen-bond acceptors (Lipinski definition) is 5. The van der Waals surface area contributed by atoms with Gasteiger partial charge in [-0.05, 0) is 48.4 Å². The van der Waals surface area contributed by atoms with Crippen molar-refractivity contribution in [1.29, 1.82) is 0 Å². The lowest BCUT2D eigenvalue weighted by Crippen LogP contribution is -2.23. The molecular formula is C26H23N3O2S. The molecule has 32 heavy (non-hydrogen) atoms. The number of fused-ring (bicyclic) bond motifs is 2. The third kappa shape index (κ3) is 3.71. The second kappa shape index (κ2) is 8.28. The molecule has 0 unspecified atom stereocenters. The first-order valence-corrected chi connectivity index (χ1v) is 11.7. The van der Waals surface area contributed by atoms with Gasteiger partial charge in [0.15, 0.2) is 11.5 Å². The molecule has 1 aromatic heterocycles. The quantitative estimate of drug-likeness (QED) is 0.398. The number of para-hydroxylation sites is 2. The van der Waals surface area contributed by atoms with Crippen molar-refractivity contribution in [1.82, 2.24) is 9.78 Å². The molecule has 0 aliphatic carbocycles. The van der Waals surface area contributed by atoms with Crippen molar-refractivity contribution in [2.24, 2.45) is 0 Å². The largest absolute Gasteiger partial charge is 0.454 e. The summed E-state index contributed by atoms with van der Waals surface area (Å²) in [5, 5.41) is 4.95. The summed E-state index contributed by atoms with van der Waals surface area (Å²) in [6, 6.07) is 25.3. The molecule has 5 nitrogen and oxygen atoms in total. The van der Waals surface area contributed by atoms with Gasteiger partial charge in [-0.2, -0.15) is 5.10 Å². The molecule has 160 valence electrons. The van der Waals surface area contributed by atoms with Crippen LogP contribution in [0.5, 0.6) is 11.5 Å². The van der Waals surface area contributed by atoms with E-state index in [0.29, 0.717) is 12.0 Å². The molecule has 0 N–H and O–H groups in total. The minimum Gasteiger partial charge on any atom is -0.454 e. The second-order valence-corrected chi connectivity index (χ2v) is 9.27. The van der Waals surface area contributed by atoms with Crippen LogP contribution >= 0.6 is 11.8 Å². The van der Waals surface area contributed by atoms with E-state index in [0.717, 1.165) is 36.7 Å². The molecule has 0 fully saturated rings. The van der Waals surface area contributed by atoms with Crippen molar-refractivity contribution < 1.29 is 9.47 Å². The molecule has 2 aliphatic rings. The van der Waals surface area contributed by atoms with Crippen LogP contribution in [0, 0.1) is 0 Å². The fraction of sp³-hybridized carbons (Fsp3) is 0.192. The Bertz CT molecular complexity index is 1240. The summed E-state index contributed by atoms with van der Waals surface area (Å²) in [7, 11) is 0. The van der Waals surface area contributed by atoms with Crippen LogP contribution in [-0.4, -0.2) is 23.1 Å². The van der Waals surface area contributed by atoms with Gasteiger partial charge in [0.05, 0.1) is 17.6 Å². The van der Waals surface area contributed by atoms with Gasteiger partial charge in [0.1, 0.15) is 0 Å². The van der Waals surface area contributed by atoms with Crippen LogP contribution < -0.4 is 14.4 Å². The summed E-state index contributed by atoms with van der Waals surface area (Å²) in [6.45, 7) is 2.11. The molecule has 0 saturated heterocycles. The van der Waals surface area contributed by atoms with Crippen LogP contribution in [0.15, 0.2) is 90.1 Å². The van der Waals surface area contributed by atoms with E-state index in [1.165, 1.54) is 21.7 Å². The minimum atomic E-state index is 0.309. The first-order valence-electron chi connectivity index (χ1n) is 10.8. The first-order chi connectivity index (χ1) is 15.8. The van der Waals surface area contributed by atoms with E-state index < -0.39 is 0 Å². The Hall–Kier alpha value is -3.38.